The van der Waals surface area contributed by atoms with Crippen molar-refractivity contribution in [3.05, 3.63) is 30.1 Å². The third-order valence-electron chi connectivity index (χ3n) is 2.30. The minimum atomic E-state index is -0.196. The Kier molecular flexibility index (Phi) is 4.43. The van der Waals surface area contributed by atoms with E-state index in [1.165, 1.54) is 0 Å². The molecule has 0 aliphatic carbocycles. The molecule has 15 heavy (non-hydrogen) atoms. The van der Waals surface area contributed by atoms with Crippen LogP contribution in [0, 0.1) is 5.92 Å². The average molecular weight is 206 g/mol. The molecule has 3 heteroatoms. The minimum absolute atomic E-state index is 0.0437. The number of carbonyl (C=O) groups excluding carboxylic acids is 1. The summed E-state index contributed by atoms with van der Waals surface area (Å²) in [6.45, 7) is 6.63. The van der Waals surface area contributed by atoms with Gasteiger partial charge in [-0.1, -0.05) is 20.8 Å². The Labute approximate surface area is 90.9 Å². The van der Waals surface area contributed by atoms with Crippen molar-refractivity contribution in [2.75, 3.05) is 6.54 Å². The quantitative estimate of drug-likeness (QED) is 0.800. The van der Waals surface area contributed by atoms with Crippen molar-refractivity contribution in [3.8, 4) is 0 Å². The number of Topliss-reactive ketones (excluding diaryl/α,β-unsaturated/α-hetero) is 1. The lowest BCUT2D eigenvalue weighted by molar-refractivity contribution is -0.124. The predicted molar refractivity (Wildman–Crippen MR) is 60.5 cm³/mol. The summed E-state index contributed by atoms with van der Waals surface area (Å²) in [5.41, 5.74) is 0.991. The monoisotopic (exact) mass is 206 g/mol. The van der Waals surface area contributed by atoms with E-state index in [1.54, 1.807) is 12.4 Å². The van der Waals surface area contributed by atoms with Gasteiger partial charge in [-0.25, -0.2) is 0 Å². The van der Waals surface area contributed by atoms with Crippen LogP contribution in [0.3, 0.4) is 0 Å². The number of nitrogens with zero attached hydrogens (tertiary/aromatic N) is 1. The third kappa shape index (κ3) is 3.13. The Bertz CT molecular complexity index is 309. The first-order valence-corrected chi connectivity index (χ1v) is 5.33. The lowest BCUT2D eigenvalue weighted by Gasteiger charge is -2.18. The van der Waals surface area contributed by atoms with Crippen LogP contribution in [0.4, 0.5) is 0 Å². The number of carbonyl (C=O) groups is 1. The van der Waals surface area contributed by atoms with E-state index in [9.17, 15) is 4.79 Å². The second-order valence-electron chi connectivity index (χ2n) is 3.83. The predicted octanol–water partition coefficient (Wildman–Crippen LogP) is 1.96. The SMILES string of the molecule is CCNC(C(=O)C(C)C)c1ccncc1. The zero-order chi connectivity index (χ0) is 11.3. The first kappa shape index (κ1) is 11.9. The summed E-state index contributed by atoms with van der Waals surface area (Å²) in [5.74, 6) is 0.269. The molecule has 3 nitrogen and oxygen atoms in total. The van der Waals surface area contributed by atoms with Crippen molar-refractivity contribution in [2.45, 2.75) is 26.8 Å². The fraction of sp³-hybridized carbons (Fsp3) is 0.500. The molecule has 0 radical (unpaired) electrons. The van der Waals surface area contributed by atoms with Gasteiger partial charge in [0.2, 0.25) is 0 Å². The van der Waals surface area contributed by atoms with Crippen LogP contribution in [0.1, 0.15) is 32.4 Å². The summed E-state index contributed by atoms with van der Waals surface area (Å²) in [6, 6.07) is 3.57. The largest absolute Gasteiger partial charge is 0.304 e. The van der Waals surface area contributed by atoms with E-state index >= 15 is 0 Å². The van der Waals surface area contributed by atoms with Crippen molar-refractivity contribution in [2.24, 2.45) is 5.92 Å². The van der Waals surface area contributed by atoms with Crippen LogP contribution in [0.5, 0.6) is 0 Å². The van der Waals surface area contributed by atoms with Crippen molar-refractivity contribution in [3.63, 3.8) is 0 Å². The number of nitrogens with one attached hydrogen (secondary N) is 1. The van der Waals surface area contributed by atoms with E-state index in [-0.39, 0.29) is 17.7 Å². The Morgan fingerprint density at radius 3 is 2.47 bits per heavy atom. The highest BCUT2D eigenvalue weighted by molar-refractivity contribution is 5.86. The molecule has 0 amide bonds. The summed E-state index contributed by atoms with van der Waals surface area (Å²) >= 11 is 0. The number of pyridine rings is 1. The van der Waals surface area contributed by atoms with E-state index in [0.29, 0.717) is 0 Å². The first-order valence-electron chi connectivity index (χ1n) is 5.33. The molecule has 0 fully saturated rings. The highest BCUT2D eigenvalue weighted by atomic mass is 16.1. The van der Waals surface area contributed by atoms with Crippen LogP contribution >= 0.6 is 0 Å². The number of aromatic nitrogens is 1. The van der Waals surface area contributed by atoms with Gasteiger partial charge >= 0.3 is 0 Å². The molecule has 1 N–H and O–H groups in total. The summed E-state index contributed by atoms with van der Waals surface area (Å²) in [6.07, 6.45) is 3.43. The molecule has 0 aliphatic heterocycles. The van der Waals surface area contributed by atoms with Gasteiger partial charge in [0, 0.05) is 18.3 Å². The molecule has 0 bridgehead atoms. The molecule has 1 aromatic heterocycles. The van der Waals surface area contributed by atoms with E-state index in [2.05, 4.69) is 10.3 Å². The van der Waals surface area contributed by atoms with Crippen LogP contribution < -0.4 is 5.32 Å². The molecular weight excluding hydrogens is 188 g/mol. The molecule has 82 valence electrons. The molecule has 1 heterocycles. The van der Waals surface area contributed by atoms with E-state index in [4.69, 9.17) is 0 Å². The first-order chi connectivity index (χ1) is 7.16. The maximum Gasteiger partial charge on any atom is 0.156 e. The van der Waals surface area contributed by atoms with Crippen molar-refractivity contribution in [1.82, 2.24) is 10.3 Å². The molecule has 1 rings (SSSR count). The minimum Gasteiger partial charge on any atom is -0.304 e. The van der Waals surface area contributed by atoms with Gasteiger partial charge in [0.1, 0.15) is 0 Å². The maximum atomic E-state index is 12.0. The number of ketones is 1. The molecule has 1 aromatic rings. The van der Waals surface area contributed by atoms with Crippen LogP contribution in [0.2, 0.25) is 0 Å². The molecule has 0 saturated carbocycles. The topological polar surface area (TPSA) is 42.0 Å². The Hall–Kier alpha value is -1.22. The van der Waals surface area contributed by atoms with Crippen LogP contribution in [-0.2, 0) is 4.79 Å². The molecule has 0 spiro atoms. The van der Waals surface area contributed by atoms with Gasteiger partial charge in [0.25, 0.3) is 0 Å². The van der Waals surface area contributed by atoms with E-state index < -0.39 is 0 Å². The molecule has 0 aliphatic rings. The van der Waals surface area contributed by atoms with E-state index in [0.717, 1.165) is 12.1 Å². The number of hydrogen-bond donors (Lipinski definition) is 1. The lowest BCUT2D eigenvalue weighted by Crippen LogP contribution is -2.31. The Morgan fingerprint density at radius 2 is 2.00 bits per heavy atom. The van der Waals surface area contributed by atoms with Gasteiger partial charge in [0.15, 0.2) is 5.78 Å². The van der Waals surface area contributed by atoms with Gasteiger partial charge < -0.3 is 5.32 Å². The average Bonchev–Trinajstić information content (AvgIpc) is 2.26. The molecule has 1 unspecified atom stereocenters. The fourth-order valence-corrected chi connectivity index (χ4v) is 1.48. The zero-order valence-corrected chi connectivity index (χ0v) is 9.53. The van der Waals surface area contributed by atoms with Crippen LogP contribution in [0.25, 0.3) is 0 Å². The van der Waals surface area contributed by atoms with Crippen molar-refractivity contribution in [1.29, 1.82) is 0 Å². The Balaban J connectivity index is 2.88. The third-order valence-corrected chi connectivity index (χ3v) is 2.30. The van der Waals surface area contributed by atoms with Gasteiger partial charge in [-0.3, -0.25) is 9.78 Å². The molecular formula is C12H18N2O. The summed E-state index contributed by atoms with van der Waals surface area (Å²) < 4.78 is 0. The standard InChI is InChI=1S/C12H18N2O/c1-4-14-11(12(15)9(2)3)10-5-7-13-8-6-10/h5-9,11,14H,4H2,1-3H3. The molecule has 1 atom stereocenters. The highest BCUT2D eigenvalue weighted by Gasteiger charge is 2.21. The second kappa shape index (κ2) is 5.61. The molecule has 0 saturated heterocycles. The van der Waals surface area contributed by atoms with Gasteiger partial charge in [-0.15, -0.1) is 0 Å². The normalized spacial score (nSPS) is 12.8. The number of hydrogen-bond acceptors (Lipinski definition) is 3. The summed E-state index contributed by atoms with van der Waals surface area (Å²) in [4.78, 5) is 15.9. The van der Waals surface area contributed by atoms with Gasteiger partial charge in [-0.2, -0.15) is 0 Å². The van der Waals surface area contributed by atoms with Crippen molar-refractivity contribution < 1.29 is 4.79 Å². The number of rotatable bonds is 5. The number of likely N-dealkylation sites (N-methyl/N-ethyl adjacent to an activating group) is 1. The summed E-state index contributed by atoms with van der Waals surface area (Å²) in [5, 5.41) is 3.20. The lowest BCUT2D eigenvalue weighted by atomic mass is 9.96. The second-order valence-corrected chi connectivity index (χ2v) is 3.83. The summed E-state index contributed by atoms with van der Waals surface area (Å²) in [7, 11) is 0. The van der Waals surface area contributed by atoms with Crippen molar-refractivity contribution >= 4 is 5.78 Å². The van der Waals surface area contributed by atoms with Crippen LogP contribution in [0.15, 0.2) is 24.5 Å². The van der Waals surface area contributed by atoms with Gasteiger partial charge in [-0.05, 0) is 24.2 Å². The van der Waals surface area contributed by atoms with Crippen LogP contribution in [-0.4, -0.2) is 17.3 Å². The zero-order valence-electron chi connectivity index (χ0n) is 9.53. The molecule has 0 aromatic carbocycles. The van der Waals surface area contributed by atoms with E-state index in [1.807, 2.05) is 32.9 Å². The smallest absolute Gasteiger partial charge is 0.156 e. The Morgan fingerprint density at radius 1 is 1.40 bits per heavy atom. The van der Waals surface area contributed by atoms with Gasteiger partial charge in [0.05, 0.1) is 6.04 Å². The fourth-order valence-electron chi connectivity index (χ4n) is 1.48. The maximum absolute atomic E-state index is 12.0. The highest BCUT2D eigenvalue weighted by Crippen LogP contribution is 2.16.